The summed E-state index contributed by atoms with van der Waals surface area (Å²) in [6.45, 7) is 0.761. The second-order valence-corrected chi connectivity index (χ2v) is 7.01. The van der Waals surface area contributed by atoms with E-state index in [0.29, 0.717) is 23.8 Å². The molecule has 2 aromatic rings. The van der Waals surface area contributed by atoms with Crippen molar-refractivity contribution in [1.82, 2.24) is 10.2 Å². The van der Waals surface area contributed by atoms with Crippen LogP contribution in [0.4, 0.5) is 5.69 Å². The first-order valence-corrected chi connectivity index (χ1v) is 8.91. The number of hydrogen-bond acceptors (Lipinski definition) is 4. The molecule has 1 heterocycles. The molecule has 0 atom stereocenters. The van der Waals surface area contributed by atoms with E-state index in [-0.39, 0.29) is 18.4 Å². The molecule has 6 heteroatoms. The quantitative estimate of drug-likeness (QED) is 0.812. The van der Waals surface area contributed by atoms with Gasteiger partial charge < -0.3 is 15.5 Å². The molecule has 0 aliphatic heterocycles. The third-order valence-electron chi connectivity index (χ3n) is 3.91. The number of rotatable bonds is 7. The van der Waals surface area contributed by atoms with Crippen molar-refractivity contribution in [3.63, 3.8) is 0 Å². The van der Waals surface area contributed by atoms with Crippen LogP contribution in [0.3, 0.4) is 0 Å². The predicted molar refractivity (Wildman–Crippen MR) is 96.2 cm³/mol. The zero-order chi connectivity index (χ0) is 16.9. The molecule has 1 fully saturated rings. The summed E-state index contributed by atoms with van der Waals surface area (Å²) in [5, 5.41) is 8.08. The fourth-order valence-corrected chi connectivity index (χ4v) is 3.11. The summed E-state index contributed by atoms with van der Waals surface area (Å²) in [6.07, 6.45) is 2.10. The van der Waals surface area contributed by atoms with Gasteiger partial charge >= 0.3 is 0 Å². The zero-order valence-corrected chi connectivity index (χ0v) is 14.4. The van der Waals surface area contributed by atoms with Crippen LogP contribution in [0.25, 0.3) is 0 Å². The molecule has 1 aromatic heterocycles. The van der Waals surface area contributed by atoms with Gasteiger partial charge in [-0.15, -0.1) is 11.3 Å². The molecule has 0 bridgehead atoms. The smallest absolute Gasteiger partial charge is 0.253 e. The van der Waals surface area contributed by atoms with Gasteiger partial charge in [0.25, 0.3) is 5.91 Å². The molecule has 1 aromatic carbocycles. The summed E-state index contributed by atoms with van der Waals surface area (Å²) in [4.78, 5) is 27.4. The highest BCUT2D eigenvalue weighted by Gasteiger charge is 2.24. The lowest BCUT2D eigenvalue weighted by atomic mass is 10.1. The van der Waals surface area contributed by atoms with Crippen molar-refractivity contribution in [3.05, 3.63) is 52.2 Å². The maximum absolute atomic E-state index is 12.3. The highest BCUT2D eigenvalue weighted by molar-refractivity contribution is 7.09. The lowest BCUT2D eigenvalue weighted by Gasteiger charge is -2.18. The van der Waals surface area contributed by atoms with Crippen molar-refractivity contribution in [2.75, 3.05) is 18.9 Å². The van der Waals surface area contributed by atoms with Crippen LogP contribution in [0, 0.1) is 0 Å². The number of hydrogen-bond donors (Lipinski definition) is 2. The average molecular weight is 343 g/mol. The van der Waals surface area contributed by atoms with Crippen LogP contribution in [0.15, 0.2) is 41.8 Å². The topological polar surface area (TPSA) is 61.4 Å². The number of carbonyl (C=O) groups is 2. The van der Waals surface area contributed by atoms with E-state index >= 15 is 0 Å². The van der Waals surface area contributed by atoms with E-state index in [2.05, 4.69) is 10.6 Å². The molecule has 3 rings (SSSR count). The van der Waals surface area contributed by atoms with Gasteiger partial charge in [-0.05, 0) is 36.4 Å². The zero-order valence-electron chi connectivity index (χ0n) is 13.6. The lowest BCUT2D eigenvalue weighted by molar-refractivity contribution is -0.128. The van der Waals surface area contributed by atoms with Gasteiger partial charge in [0.15, 0.2) is 0 Å². The van der Waals surface area contributed by atoms with Crippen LogP contribution >= 0.6 is 11.3 Å². The molecule has 1 aliphatic rings. The van der Waals surface area contributed by atoms with E-state index in [1.165, 1.54) is 0 Å². The number of nitrogens with zero attached hydrogens (tertiary/aromatic N) is 1. The maximum atomic E-state index is 12.3. The number of para-hydroxylation sites is 1. The summed E-state index contributed by atoms with van der Waals surface area (Å²) in [7, 11) is 1.79. The summed E-state index contributed by atoms with van der Waals surface area (Å²) in [5.41, 5.74) is 1.27. The fraction of sp³-hybridized carbons (Fsp3) is 0.333. The van der Waals surface area contributed by atoms with Crippen molar-refractivity contribution in [1.29, 1.82) is 0 Å². The van der Waals surface area contributed by atoms with Gasteiger partial charge in [0, 0.05) is 23.7 Å². The molecule has 1 aliphatic carbocycles. The average Bonchev–Trinajstić information content (AvgIpc) is 3.25. The number of anilines is 1. The van der Waals surface area contributed by atoms with Crippen LogP contribution in [0.5, 0.6) is 0 Å². The molecule has 2 N–H and O–H groups in total. The molecule has 0 radical (unpaired) electrons. The van der Waals surface area contributed by atoms with Crippen molar-refractivity contribution in [2.24, 2.45) is 0 Å². The summed E-state index contributed by atoms with van der Waals surface area (Å²) in [5.74, 6) is -0.0965. The Bertz CT molecular complexity index is 711. The highest BCUT2D eigenvalue weighted by atomic mass is 32.1. The third-order valence-corrected chi connectivity index (χ3v) is 4.77. The Labute approximate surface area is 145 Å². The van der Waals surface area contributed by atoms with Gasteiger partial charge in [-0.1, -0.05) is 18.2 Å². The van der Waals surface area contributed by atoms with E-state index < -0.39 is 0 Å². The number of likely N-dealkylation sites (N-methyl/N-ethyl adjacent to an activating group) is 1. The number of thiophene rings is 1. The van der Waals surface area contributed by atoms with Gasteiger partial charge in [-0.2, -0.15) is 0 Å². The Kier molecular flexibility index (Phi) is 5.15. The molecule has 2 amide bonds. The SMILES string of the molecule is CN(Cc1cccs1)C(=O)CNc1ccccc1C(=O)NC1CC1. The molecule has 5 nitrogen and oxygen atoms in total. The van der Waals surface area contributed by atoms with Crippen LogP contribution in [-0.2, 0) is 11.3 Å². The third kappa shape index (κ3) is 4.35. The second-order valence-electron chi connectivity index (χ2n) is 5.98. The standard InChI is InChI=1S/C18H21N3O2S/c1-21(12-14-5-4-10-24-14)17(22)11-19-16-7-3-2-6-15(16)18(23)20-13-8-9-13/h2-7,10,13,19H,8-9,11-12H2,1H3,(H,20,23). The first kappa shape index (κ1) is 16.5. The Morgan fingerprint density at radius 1 is 1.21 bits per heavy atom. The van der Waals surface area contributed by atoms with Crippen molar-refractivity contribution < 1.29 is 9.59 Å². The second kappa shape index (κ2) is 7.49. The molecule has 0 unspecified atom stereocenters. The van der Waals surface area contributed by atoms with Gasteiger partial charge in [-0.3, -0.25) is 9.59 Å². The van der Waals surface area contributed by atoms with Crippen LogP contribution in [0.1, 0.15) is 28.1 Å². The highest BCUT2D eigenvalue weighted by Crippen LogP contribution is 2.21. The summed E-state index contributed by atoms with van der Waals surface area (Å²) < 4.78 is 0. The minimum atomic E-state index is -0.0833. The Morgan fingerprint density at radius 3 is 2.71 bits per heavy atom. The first-order valence-electron chi connectivity index (χ1n) is 8.03. The van der Waals surface area contributed by atoms with Crippen molar-refractivity contribution in [3.8, 4) is 0 Å². The van der Waals surface area contributed by atoms with E-state index in [9.17, 15) is 9.59 Å². The van der Waals surface area contributed by atoms with Crippen molar-refractivity contribution >= 4 is 28.8 Å². The van der Waals surface area contributed by atoms with Crippen LogP contribution < -0.4 is 10.6 Å². The van der Waals surface area contributed by atoms with Crippen LogP contribution in [0.2, 0.25) is 0 Å². The summed E-state index contributed by atoms with van der Waals surface area (Å²) >= 11 is 1.63. The summed E-state index contributed by atoms with van der Waals surface area (Å²) in [6, 6.07) is 11.6. The normalized spacial score (nSPS) is 13.4. The Hall–Kier alpha value is -2.34. The number of amides is 2. The largest absolute Gasteiger partial charge is 0.376 e. The maximum Gasteiger partial charge on any atom is 0.253 e. The van der Waals surface area contributed by atoms with E-state index in [0.717, 1.165) is 17.7 Å². The predicted octanol–water partition coefficient (Wildman–Crippen LogP) is 2.71. The molecule has 0 saturated heterocycles. The molecular formula is C18H21N3O2S. The van der Waals surface area contributed by atoms with E-state index in [1.807, 2.05) is 35.7 Å². The van der Waals surface area contributed by atoms with Crippen molar-refractivity contribution in [2.45, 2.75) is 25.4 Å². The lowest BCUT2D eigenvalue weighted by Crippen LogP contribution is -2.32. The van der Waals surface area contributed by atoms with Gasteiger partial charge in [0.05, 0.1) is 18.7 Å². The van der Waals surface area contributed by atoms with E-state index in [4.69, 9.17) is 0 Å². The minimum absolute atomic E-state index is 0.0131. The fourth-order valence-electron chi connectivity index (χ4n) is 2.36. The number of carbonyl (C=O) groups excluding carboxylic acids is 2. The molecule has 126 valence electrons. The van der Waals surface area contributed by atoms with Gasteiger partial charge in [0.2, 0.25) is 5.91 Å². The monoisotopic (exact) mass is 343 g/mol. The van der Waals surface area contributed by atoms with Crippen LogP contribution in [-0.4, -0.2) is 36.3 Å². The first-order chi connectivity index (χ1) is 11.6. The molecule has 24 heavy (non-hydrogen) atoms. The minimum Gasteiger partial charge on any atom is -0.376 e. The van der Waals surface area contributed by atoms with Gasteiger partial charge in [0.1, 0.15) is 0 Å². The van der Waals surface area contributed by atoms with E-state index in [1.54, 1.807) is 29.4 Å². The van der Waals surface area contributed by atoms with Gasteiger partial charge in [-0.25, -0.2) is 0 Å². The molecule has 0 spiro atoms. The number of nitrogens with one attached hydrogen (secondary N) is 2. The number of benzene rings is 1. The molecule has 1 saturated carbocycles. The molecular weight excluding hydrogens is 322 g/mol. The Morgan fingerprint density at radius 2 is 2.00 bits per heavy atom. The Balaban J connectivity index is 1.57.